The van der Waals surface area contributed by atoms with E-state index < -0.39 is 0 Å². The molecule has 1 unspecified atom stereocenters. The highest BCUT2D eigenvalue weighted by atomic mass is 32.2. The number of fused-ring (bicyclic) bond motifs is 2. The Morgan fingerprint density at radius 3 is 2.62 bits per heavy atom. The van der Waals surface area contributed by atoms with Crippen LogP contribution >= 0.6 is 11.8 Å². The summed E-state index contributed by atoms with van der Waals surface area (Å²) in [5.41, 5.74) is 3.60. The number of benzene rings is 2. The number of carbonyl (C=O) groups is 1. The SMILES string of the molecule is CCC(=O)c1ccc2c(c1)C(N1CCN(C)CC1)Cc1ccccc1S2. The number of carbonyl (C=O) groups excluding carboxylic acids is 1. The molecule has 3 nitrogen and oxygen atoms in total. The first-order valence-corrected chi connectivity index (χ1v) is 10.3. The van der Waals surface area contributed by atoms with E-state index in [1.807, 2.05) is 24.8 Å². The Kier molecular flexibility index (Phi) is 5.16. The van der Waals surface area contributed by atoms with E-state index >= 15 is 0 Å². The lowest BCUT2D eigenvalue weighted by Crippen LogP contribution is -2.46. The molecule has 2 aliphatic heterocycles. The van der Waals surface area contributed by atoms with Gasteiger partial charge in [0.15, 0.2) is 5.78 Å². The molecule has 2 aliphatic rings. The normalized spacial score (nSPS) is 20.9. The van der Waals surface area contributed by atoms with E-state index in [1.165, 1.54) is 20.9 Å². The summed E-state index contributed by atoms with van der Waals surface area (Å²) in [4.78, 5) is 20.0. The van der Waals surface area contributed by atoms with Gasteiger partial charge in [-0.15, -0.1) is 0 Å². The van der Waals surface area contributed by atoms with Crippen molar-refractivity contribution >= 4 is 17.5 Å². The number of rotatable bonds is 3. The Morgan fingerprint density at radius 2 is 1.85 bits per heavy atom. The van der Waals surface area contributed by atoms with E-state index in [4.69, 9.17) is 0 Å². The third kappa shape index (κ3) is 3.46. The molecule has 2 aromatic carbocycles. The average molecular weight is 367 g/mol. The van der Waals surface area contributed by atoms with Crippen molar-refractivity contribution in [3.8, 4) is 0 Å². The van der Waals surface area contributed by atoms with Gasteiger partial charge >= 0.3 is 0 Å². The maximum atomic E-state index is 12.3. The molecule has 26 heavy (non-hydrogen) atoms. The number of nitrogens with zero attached hydrogens (tertiary/aromatic N) is 2. The van der Waals surface area contributed by atoms with Crippen molar-refractivity contribution in [3.05, 3.63) is 59.2 Å². The van der Waals surface area contributed by atoms with Crippen LogP contribution in [0.1, 0.15) is 40.9 Å². The fourth-order valence-corrected chi connectivity index (χ4v) is 5.06. The second kappa shape index (κ2) is 7.55. The van der Waals surface area contributed by atoms with E-state index in [0.29, 0.717) is 12.5 Å². The molecule has 1 saturated heterocycles. The largest absolute Gasteiger partial charge is 0.304 e. The predicted molar refractivity (Wildman–Crippen MR) is 107 cm³/mol. The van der Waals surface area contributed by atoms with Crippen molar-refractivity contribution in [3.63, 3.8) is 0 Å². The maximum absolute atomic E-state index is 12.3. The fourth-order valence-electron chi connectivity index (χ4n) is 3.95. The quantitative estimate of drug-likeness (QED) is 0.757. The molecule has 0 aromatic heterocycles. The first-order valence-electron chi connectivity index (χ1n) is 9.51. The van der Waals surface area contributed by atoms with Crippen LogP contribution < -0.4 is 0 Å². The predicted octanol–water partition coefficient (Wildman–Crippen LogP) is 4.28. The van der Waals surface area contributed by atoms with Gasteiger partial charge in [0.1, 0.15) is 0 Å². The van der Waals surface area contributed by atoms with Crippen LogP contribution in [0, 0.1) is 0 Å². The van der Waals surface area contributed by atoms with Crippen molar-refractivity contribution in [2.24, 2.45) is 0 Å². The Morgan fingerprint density at radius 1 is 1.08 bits per heavy atom. The summed E-state index contributed by atoms with van der Waals surface area (Å²) in [5, 5.41) is 0. The first-order chi connectivity index (χ1) is 12.7. The van der Waals surface area contributed by atoms with E-state index in [2.05, 4.69) is 53.2 Å². The lowest BCUT2D eigenvalue weighted by Gasteiger charge is -2.38. The Balaban J connectivity index is 1.77. The number of hydrogen-bond acceptors (Lipinski definition) is 4. The van der Waals surface area contributed by atoms with Crippen LogP contribution in [0.25, 0.3) is 0 Å². The highest BCUT2D eigenvalue weighted by Crippen LogP contribution is 2.43. The second-order valence-electron chi connectivity index (χ2n) is 7.30. The van der Waals surface area contributed by atoms with Gasteiger partial charge in [0.25, 0.3) is 0 Å². The molecule has 0 amide bonds. The molecule has 0 radical (unpaired) electrons. The molecule has 136 valence electrons. The van der Waals surface area contributed by atoms with Crippen molar-refractivity contribution < 1.29 is 4.79 Å². The summed E-state index contributed by atoms with van der Waals surface area (Å²) in [5.74, 6) is 0.233. The van der Waals surface area contributed by atoms with Crippen molar-refractivity contribution in [1.82, 2.24) is 9.80 Å². The van der Waals surface area contributed by atoms with Gasteiger partial charge in [0.2, 0.25) is 0 Å². The third-order valence-electron chi connectivity index (χ3n) is 5.60. The lowest BCUT2D eigenvalue weighted by molar-refractivity contribution is 0.0986. The minimum Gasteiger partial charge on any atom is -0.304 e. The smallest absolute Gasteiger partial charge is 0.162 e. The lowest BCUT2D eigenvalue weighted by atomic mass is 9.94. The molecule has 0 saturated carbocycles. The molecule has 0 bridgehead atoms. The molecule has 1 fully saturated rings. The van der Waals surface area contributed by atoms with Crippen LogP contribution in [0.3, 0.4) is 0 Å². The highest BCUT2D eigenvalue weighted by molar-refractivity contribution is 7.99. The van der Waals surface area contributed by atoms with E-state index in [0.717, 1.165) is 38.2 Å². The standard InChI is InChI=1S/C22H26N2OS/c1-3-20(25)16-8-9-22-18(14-16)19(24-12-10-23(2)11-13-24)15-17-6-4-5-7-21(17)26-22/h4-9,14,19H,3,10-13,15H2,1-2H3. The van der Waals surface area contributed by atoms with Gasteiger partial charge in [0, 0.05) is 54.0 Å². The van der Waals surface area contributed by atoms with Gasteiger partial charge in [-0.25, -0.2) is 0 Å². The van der Waals surface area contributed by atoms with Crippen LogP contribution in [0.15, 0.2) is 52.3 Å². The van der Waals surface area contributed by atoms with Gasteiger partial charge in [-0.1, -0.05) is 43.0 Å². The summed E-state index contributed by atoms with van der Waals surface area (Å²) in [7, 11) is 2.20. The number of Topliss-reactive ketones (excluding diaryl/α,β-unsaturated/α-hetero) is 1. The van der Waals surface area contributed by atoms with Crippen LogP contribution in [0.2, 0.25) is 0 Å². The highest BCUT2D eigenvalue weighted by Gasteiger charge is 2.29. The molecular weight excluding hydrogens is 340 g/mol. The number of hydrogen-bond donors (Lipinski definition) is 0. The van der Waals surface area contributed by atoms with E-state index in [9.17, 15) is 4.79 Å². The summed E-state index contributed by atoms with van der Waals surface area (Å²) in [6.45, 7) is 6.32. The summed E-state index contributed by atoms with van der Waals surface area (Å²) in [6, 6.07) is 15.4. The Bertz CT molecular complexity index is 812. The molecule has 0 N–H and O–H groups in total. The Labute approximate surface area is 160 Å². The maximum Gasteiger partial charge on any atom is 0.162 e. The minimum atomic E-state index is 0.233. The summed E-state index contributed by atoms with van der Waals surface area (Å²) >= 11 is 1.85. The zero-order valence-electron chi connectivity index (χ0n) is 15.6. The second-order valence-corrected chi connectivity index (χ2v) is 8.38. The molecule has 2 aromatic rings. The molecule has 4 heteroatoms. The monoisotopic (exact) mass is 366 g/mol. The van der Waals surface area contributed by atoms with Gasteiger partial charge in [-0.3, -0.25) is 9.69 Å². The number of likely N-dealkylation sites (N-methyl/N-ethyl adjacent to an activating group) is 1. The van der Waals surface area contributed by atoms with Crippen LogP contribution in [-0.2, 0) is 6.42 Å². The molecule has 4 rings (SSSR count). The minimum absolute atomic E-state index is 0.233. The van der Waals surface area contributed by atoms with Crippen molar-refractivity contribution in [1.29, 1.82) is 0 Å². The van der Waals surface area contributed by atoms with Crippen molar-refractivity contribution in [2.45, 2.75) is 35.6 Å². The number of piperazine rings is 1. The summed E-state index contributed by atoms with van der Waals surface area (Å²) < 4.78 is 0. The van der Waals surface area contributed by atoms with Crippen LogP contribution in [-0.4, -0.2) is 48.8 Å². The fraction of sp³-hybridized carbons (Fsp3) is 0.409. The molecule has 1 atom stereocenters. The molecule has 2 heterocycles. The zero-order valence-corrected chi connectivity index (χ0v) is 16.4. The van der Waals surface area contributed by atoms with Gasteiger partial charge < -0.3 is 4.90 Å². The van der Waals surface area contributed by atoms with Crippen molar-refractivity contribution in [2.75, 3.05) is 33.2 Å². The first kappa shape index (κ1) is 17.8. The van der Waals surface area contributed by atoms with E-state index in [-0.39, 0.29) is 5.78 Å². The number of ketones is 1. The molecular formula is C22H26N2OS. The van der Waals surface area contributed by atoms with Gasteiger partial charge in [0.05, 0.1) is 0 Å². The van der Waals surface area contributed by atoms with Crippen LogP contribution in [0.5, 0.6) is 0 Å². The summed E-state index contributed by atoms with van der Waals surface area (Å²) in [6.07, 6.45) is 1.58. The topological polar surface area (TPSA) is 23.6 Å². The van der Waals surface area contributed by atoms with Gasteiger partial charge in [-0.05, 0) is 42.8 Å². The Hall–Kier alpha value is -1.62. The van der Waals surface area contributed by atoms with Gasteiger partial charge in [-0.2, -0.15) is 0 Å². The third-order valence-corrected chi connectivity index (χ3v) is 6.81. The van der Waals surface area contributed by atoms with Crippen LogP contribution in [0.4, 0.5) is 0 Å². The average Bonchev–Trinajstić information content (AvgIpc) is 2.84. The zero-order chi connectivity index (χ0) is 18.1. The molecule has 0 spiro atoms. The molecule has 0 aliphatic carbocycles. The van der Waals surface area contributed by atoms with E-state index in [1.54, 1.807) is 0 Å².